The number of amides is 1. The Morgan fingerprint density at radius 1 is 1.33 bits per heavy atom. The van der Waals surface area contributed by atoms with E-state index in [-0.39, 0.29) is 12.5 Å². The molecule has 1 aromatic rings. The maximum Gasteiger partial charge on any atom is 0.318 e. The molecule has 1 aromatic carbocycles. The highest BCUT2D eigenvalue weighted by Gasteiger charge is 2.29. The molecule has 4 nitrogen and oxygen atoms in total. The minimum Gasteiger partial charge on any atom is -0.480 e. The Morgan fingerprint density at radius 3 is 2.61 bits per heavy atom. The minimum absolute atomic E-state index is 0.191. The summed E-state index contributed by atoms with van der Waals surface area (Å²) in [6.45, 7) is 0.709. The lowest BCUT2D eigenvalue weighted by Gasteiger charge is -2.30. The van der Waals surface area contributed by atoms with Crippen molar-refractivity contribution in [1.29, 1.82) is 0 Å². The summed E-state index contributed by atoms with van der Waals surface area (Å²) in [7, 11) is 0. The number of benzene rings is 1. The van der Waals surface area contributed by atoms with Crippen LogP contribution in [0.1, 0.15) is 10.4 Å². The maximum absolute atomic E-state index is 12.8. The van der Waals surface area contributed by atoms with E-state index >= 15 is 0 Å². The standard InChI is InChI=1S/C12H12FNO3S/c13-9-3-1-8(2-4-9)11(15)14-5-6-18-10(7-14)12(16)17/h1-4,10H,5-7H2,(H,16,17)/t10-/m0/s1. The molecule has 0 saturated carbocycles. The fraction of sp³-hybridized carbons (Fsp3) is 0.333. The van der Waals surface area contributed by atoms with Gasteiger partial charge in [-0.05, 0) is 24.3 Å². The Hall–Kier alpha value is -1.56. The Kier molecular flexibility index (Phi) is 3.86. The zero-order valence-corrected chi connectivity index (χ0v) is 10.3. The van der Waals surface area contributed by atoms with Gasteiger partial charge < -0.3 is 10.0 Å². The first-order valence-electron chi connectivity index (χ1n) is 5.47. The fourth-order valence-corrected chi connectivity index (χ4v) is 2.80. The van der Waals surface area contributed by atoms with Crippen LogP contribution in [-0.2, 0) is 4.79 Å². The van der Waals surface area contributed by atoms with Gasteiger partial charge in [0.15, 0.2) is 0 Å². The van der Waals surface area contributed by atoms with E-state index in [2.05, 4.69) is 0 Å². The smallest absolute Gasteiger partial charge is 0.318 e. The average Bonchev–Trinajstić information content (AvgIpc) is 2.39. The van der Waals surface area contributed by atoms with Crippen molar-refractivity contribution < 1.29 is 19.1 Å². The van der Waals surface area contributed by atoms with Crippen molar-refractivity contribution in [2.75, 3.05) is 18.8 Å². The molecule has 1 aliphatic rings. The molecule has 1 N–H and O–H groups in total. The average molecular weight is 269 g/mol. The van der Waals surface area contributed by atoms with Gasteiger partial charge >= 0.3 is 5.97 Å². The van der Waals surface area contributed by atoms with E-state index in [0.29, 0.717) is 17.9 Å². The molecule has 1 fully saturated rings. The first kappa shape index (κ1) is 12.9. The molecule has 1 heterocycles. The predicted molar refractivity (Wildman–Crippen MR) is 66.2 cm³/mol. The van der Waals surface area contributed by atoms with Crippen molar-refractivity contribution in [2.45, 2.75) is 5.25 Å². The summed E-state index contributed by atoms with van der Waals surface area (Å²) < 4.78 is 12.8. The first-order chi connectivity index (χ1) is 8.58. The lowest BCUT2D eigenvalue weighted by molar-refractivity contribution is -0.136. The highest BCUT2D eigenvalue weighted by Crippen LogP contribution is 2.20. The summed E-state index contributed by atoms with van der Waals surface area (Å²) >= 11 is 1.34. The number of thioether (sulfide) groups is 1. The Labute approximate surface area is 108 Å². The molecule has 0 radical (unpaired) electrons. The lowest BCUT2D eigenvalue weighted by Crippen LogP contribution is -2.44. The number of carboxylic acids is 1. The highest BCUT2D eigenvalue weighted by atomic mass is 32.2. The molecular formula is C12H12FNO3S. The number of hydrogen-bond acceptors (Lipinski definition) is 3. The van der Waals surface area contributed by atoms with Crippen LogP contribution in [0.25, 0.3) is 0 Å². The van der Waals surface area contributed by atoms with Crippen LogP contribution in [0, 0.1) is 5.82 Å². The molecule has 1 amide bonds. The largest absolute Gasteiger partial charge is 0.480 e. The monoisotopic (exact) mass is 269 g/mol. The minimum atomic E-state index is -0.906. The van der Waals surface area contributed by atoms with Crippen LogP contribution in [0.5, 0.6) is 0 Å². The van der Waals surface area contributed by atoms with E-state index in [1.165, 1.54) is 40.9 Å². The number of aliphatic carboxylic acids is 1. The van der Waals surface area contributed by atoms with Crippen molar-refractivity contribution in [3.8, 4) is 0 Å². The summed E-state index contributed by atoms with van der Waals surface area (Å²) in [5.41, 5.74) is 0.382. The van der Waals surface area contributed by atoms with Gasteiger partial charge in [-0.1, -0.05) is 0 Å². The van der Waals surface area contributed by atoms with Gasteiger partial charge in [0.05, 0.1) is 0 Å². The molecule has 1 aliphatic heterocycles. The third-order valence-corrected chi connectivity index (χ3v) is 3.89. The number of halogens is 1. The quantitative estimate of drug-likeness (QED) is 0.883. The molecule has 0 spiro atoms. The molecular weight excluding hydrogens is 257 g/mol. The summed E-state index contributed by atoms with van der Waals surface area (Å²) in [6, 6.07) is 5.27. The summed E-state index contributed by atoms with van der Waals surface area (Å²) in [4.78, 5) is 24.5. The first-order valence-corrected chi connectivity index (χ1v) is 6.52. The maximum atomic E-state index is 12.8. The number of nitrogens with zero attached hydrogens (tertiary/aromatic N) is 1. The fourth-order valence-electron chi connectivity index (χ4n) is 1.76. The summed E-state index contributed by atoms with van der Waals surface area (Å²) in [6.07, 6.45) is 0. The Balaban J connectivity index is 2.09. The van der Waals surface area contributed by atoms with Crippen LogP contribution in [0.2, 0.25) is 0 Å². The molecule has 1 atom stereocenters. The summed E-state index contributed by atoms with van der Waals surface area (Å²) in [5.74, 6) is -0.952. The van der Waals surface area contributed by atoms with Crippen molar-refractivity contribution in [2.24, 2.45) is 0 Å². The van der Waals surface area contributed by atoms with Crippen molar-refractivity contribution >= 4 is 23.6 Å². The SMILES string of the molecule is O=C(O)[C@@H]1CN(C(=O)c2ccc(F)cc2)CCS1. The normalized spacial score (nSPS) is 19.6. The molecule has 96 valence electrons. The number of carboxylic acid groups (broad SMARTS) is 1. The molecule has 0 bridgehead atoms. The van der Waals surface area contributed by atoms with Gasteiger partial charge in [-0.2, -0.15) is 0 Å². The van der Waals surface area contributed by atoms with Crippen molar-refractivity contribution in [3.63, 3.8) is 0 Å². The van der Waals surface area contributed by atoms with Gasteiger partial charge in [0.1, 0.15) is 11.1 Å². The highest BCUT2D eigenvalue weighted by molar-refractivity contribution is 8.00. The summed E-state index contributed by atoms with van der Waals surface area (Å²) in [5, 5.41) is 8.36. The third kappa shape index (κ3) is 2.81. The lowest BCUT2D eigenvalue weighted by atomic mass is 10.2. The second-order valence-corrected chi connectivity index (χ2v) is 5.27. The van der Waals surface area contributed by atoms with Gasteiger partial charge in [-0.25, -0.2) is 4.39 Å². The van der Waals surface area contributed by atoms with Gasteiger partial charge in [-0.15, -0.1) is 11.8 Å². The molecule has 6 heteroatoms. The molecule has 1 saturated heterocycles. The van der Waals surface area contributed by atoms with Crippen molar-refractivity contribution in [3.05, 3.63) is 35.6 Å². The second kappa shape index (κ2) is 5.39. The second-order valence-electron chi connectivity index (χ2n) is 3.96. The van der Waals surface area contributed by atoms with E-state index in [1.807, 2.05) is 0 Å². The zero-order chi connectivity index (χ0) is 13.1. The van der Waals surface area contributed by atoms with Crippen LogP contribution in [0.3, 0.4) is 0 Å². The molecule has 0 aromatic heterocycles. The van der Waals surface area contributed by atoms with E-state index in [4.69, 9.17) is 5.11 Å². The molecule has 2 rings (SSSR count). The van der Waals surface area contributed by atoms with E-state index in [0.717, 1.165) is 0 Å². The van der Waals surface area contributed by atoms with E-state index in [9.17, 15) is 14.0 Å². The molecule has 0 aliphatic carbocycles. The third-order valence-electron chi connectivity index (χ3n) is 2.72. The Bertz CT molecular complexity index is 463. The van der Waals surface area contributed by atoms with Crippen LogP contribution >= 0.6 is 11.8 Å². The van der Waals surface area contributed by atoms with E-state index in [1.54, 1.807) is 0 Å². The zero-order valence-electron chi connectivity index (χ0n) is 9.51. The number of carbonyl (C=O) groups excluding carboxylic acids is 1. The van der Waals surface area contributed by atoms with Crippen LogP contribution in [-0.4, -0.2) is 46.0 Å². The van der Waals surface area contributed by atoms with E-state index < -0.39 is 17.0 Å². The van der Waals surface area contributed by atoms with Crippen molar-refractivity contribution in [1.82, 2.24) is 4.90 Å². The number of hydrogen-bond donors (Lipinski definition) is 1. The number of rotatable bonds is 2. The number of carbonyl (C=O) groups is 2. The van der Waals surface area contributed by atoms with Gasteiger partial charge in [0, 0.05) is 24.4 Å². The van der Waals surface area contributed by atoms with Gasteiger partial charge in [0.2, 0.25) is 0 Å². The van der Waals surface area contributed by atoms with Gasteiger partial charge in [-0.3, -0.25) is 9.59 Å². The molecule has 18 heavy (non-hydrogen) atoms. The predicted octanol–water partition coefficient (Wildman–Crippen LogP) is 1.47. The molecule has 0 unspecified atom stereocenters. The van der Waals surface area contributed by atoms with Crippen LogP contribution in [0.15, 0.2) is 24.3 Å². The Morgan fingerprint density at radius 2 is 2.00 bits per heavy atom. The van der Waals surface area contributed by atoms with Crippen LogP contribution in [0.4, 0.5) is 4.39 Å². The topological polar surface area (TPSA) is 57.6 Å². The van der Waals surface area contributed by atoms with Gasteiger partial charge in [0.25, 0.3) is 5.91 Å². The van der Waals surface area contributed by atoms with Crippen LogP contribution < -0.4 is 0 Å².